The van der Waals surface area contributed by atoms with E-state index in [0.29, 0.717) is 31.8 Å². The number of likely N-dealkylation sites (tertiary alicyclic amines) is 1. The summed E-state index contributed by atoms with van der Waals surface area (Å²) in [4.78, 5) is 16.8. The van der Waals surface area contributed by atoms with Crippen molar-refractivity contribution in [1.82, 2.24) is 14.5 Å². The van der Waals surface area contributed by atoms with E-state index in [1.54, 1.807) is 4.57 Å². The minimum atomic E-state index is -4.82. The van der Waals surface area contributed by atoms with Crippen LogP contribution in [-0.4, -0.2) is 50.5 Å². The van der Waals surface area contributed by atoms with E-state index in [9.17, 15) is 27.5 Å². The lowest BCUT2D eigenvalue weighted by molar-refractivity contribution is -0.139. The fourth-order valence-electron chi connectivity index (χ4n) is 3.41. The van der Waals surface area contributed by atoms with E-state index in [0.717, 1.165) is 12.1 Å². The van der Waals surface area contributed by atoms with Crippen LogP contribution in [0.4, 0.5) is 22.4 Å². The van der Waals surface area contributed by atoms with Gasteiger partial charge in [-0.1, -0.05) is 0 Å². The maximum Gasteiger partial charge on any atom is 0.419 e. The molecule has 1 fully saturated rings. The number of imidazole rings is 1. The number of piperidine rings is 1. The Bertz CT molecular complexity index is 858. The molecule has 2 aromatic rings. The molecule has 3 rings (SSSR count). The lowest BCUT2D eigenvalue weighted by atomic mass is 9.96. The van der Waals surface area contributed by atoms with Crippen molar-refractivity contribution in [3.63, 3.8) is 0 Å². The van der Waals surface area contributed by atoms with E-state index >= 15 is 0 Å². The van der Waals surface area contributed by atoms with Gasteiger partial charge in [0.05, 0.1) is 17.9 Å². The third-order valence-electron chi connectivity index (χ3n) is 4.85. The van der Waals surface area contributed by atoms with Gasteiger partial charge in [-0.15, -0.1) is 0 Å². The number of alkyl halides is 3. The lowest BCUT2D eigenvalue weighted by Gasteiger charge is -2.29. The molecular formula is C18H19F4N3O3. The first-order chi connectivity index (χ1) is 13.2. The number of rotatable bonds is 4. The van der Waals surface area contributed by atoms with Gasteiger partial charge in [0.1, 0.15) is 11.6 Å². The molecule has 1 aromatic heterocycles. The molecule has 2 heterocycles. The largest absolute Gasteiger partial charge is 0.465 e. The van der Waals surface area contributed by atoms with E-state index in [1.165, 1.54) is 17.2 Å². The summed E-state index contributed by atoms with van der Waals surface area (Å²) in [5, 5.41) is 18.3. The van der Waals surface area contributed by atoms with Crippen LogP contribution in [0.5, 0.6) is 0 Å². The molecule has 0 aliphatic carbocycles. The molecule has 1 aliphatic heterocycles. The Morgan fingerprint density at radius 3 is 2.50 bits per heavy atom. The standard InChI is InChI=1S/C18H19F4N3O3/c19-14-2-1-12(9-13(14)18(20,21)22)15-10-25(7-8-26)16(23-15)11-3-5-24(6-4-11)17(27)28/h1-2,9-11,26H,3-8H2,(H,27,28). The smallest absolute Gasteiger partial charge is 0.419 e. The lowest BCUT2D eigenvalue weighted by Crippen LogP contribution is -2.37. The topological polar surface area (TPSA) is 78.6 Å². The van der Waals surface area contributed by atoms with Gasteiger partial charge in [0, 0.05) is 37.3 Å². The van der Waals surface area contributed by atoms with Crippen LogP contribution < -0.4 is 0 Å². The molecule has 0 atom stereocenters. The summed E-state index contributed by atoms with van der Waals surface area (Å²) in [5.74, 6) is -0.863. The number of aliphatic hydroxyl groups excluding tert-OH is 1. The summed E-state index contributed by atoms with van der Waals surface area (Å²) in [5.41, 5.74) is -0.998. The average Bonchev–Trinajstić information content (AvgIpc) is 3.05. The van der Waals surface area contributed by atoms with Crippen LogP contribution in [0.1, 0.15) is 30.1 Å². The number of benzene rings is 1. The normalized spacial score (nSPS) is 15.8. The summed E-state index contributed by atoms with van der Waals surface area (Å²) >= 11 is 0. The Kier molecular flexibility index (Phi) is 5.59. The predicted molar refractivity (Wildman–Crippen MR) is 91.3 cm³/mol. The quantitative estimate of drug-likeness (QED) is 0.768. The maximum atomic E-state index is 13.5. The second-order valence-corrected chi connectivity index (χ2v) is 6.64. The van der Waals surface area contributed by atoms with E-state index in [2.05, 4.69) is 4.98 Å². The van der Waals surface area contributed by atoms with Crippen molar-refractivity contribution in [1.29, 1.82) is 0 Å². The number of halogens is 4. The Morgan fingerprint density at radius 1 is 1.25 bits per heavy atom. The average molecular weight is 401 g/mol. The summed E-state index contributed by atoms with van der Waals surface area (Å²) in [7, 11) is 0. The SMILES string of the molecule is O=C(O)N1CCC(c2nc(-c3ccc(F)c(C(F)(F)F)c3)cn2CCO)CC1. The molecule has 0 saturated carbocycles. The molecule has 1 amide bonds. The highest BCUT2D eigenvalue weighted by molar-refractivity contribution is 5.65. The highest BCUT2D eigenvalue weighted by atomic mass is 19.4. The van der Waals surface area contributed by atoms with Gasteiger partial charge in [0.15, 0.2) is 0 Å². The van der Waals surface area contributed by atoms with Crippen molar-refractivity contribution in [3.8, 4) is 11.3 Å². The monoisotopic (exact) mass is 401 g/mol. The zero-order valence-electron chi connectivity index (χ0n) is 14.8. The fourth-order valence-corrected chi connectivity index (χ4v) is 3.41. The van der Waals surface area contributed by atoms with Gasteiger partial charge in [-0.25, -0.2) is 14.2 Å². The zero-order chi connectivity index (χ0) is 20.5. The van der Waals surface area contributed by atoms with Crippen molar-refractivity contribution in [2.24, 2.45) is 0 Å². The van der Waals surface area contributed by atoms with E-state index in [-0.39, 0.29) is 30.3 Å². The van der Waals surface area contributed by atoms with Crippen molar-refractivity contribution in [3.05, 3.63) is 41.6 Å². The van der Waals surface area contributed by atoms with Crippen LogP contribution >= 0.6 is 0 Å². The highest BCUT2D eigenvalue weighted by Crippen LogP contribution is 2.35. The first-order valence-electron chi connectivity index (χ1n) is 8.73. The minimum absolute atomic E-state index is 0.0848. The van der Waals surface area contributed by atoms with E-state index < -0.39 is 23.7 Å². The Balaban J connectivity index is 1.92. The number of carboxylic acid groups (broad SMARTS) is 1. The van der Waals surface area contributed by atoms with Crippen LogP contribution in [-0.2, 0) is 12.7 Å². The number of amides is 1. The molecule has 6 nitrogen and oxygen atoms in total. The second-order valence-electron chi connectivity index (χ2n) is 6.64. The number of hydrogen-bond acceptors (Lipinski definition) is 3. The van der Waals surface area contributed by atoms with Crippen molar-refractivity contribution < 1.29 is 32.6 Å². The second kappa shape index (κ2) is 7.78. The summed E-state index contributed by atoms with van der Waals surface area (Å²) in [6.07, 6.45) is -3.25. The van der Waals surface area contributed by atoms with Crippen LogP contribution in [0.2, 0.25) is 0 Å². The molecule has 0 bridgehead atoms. The fraction of sp³-hybridized carbons (Fsp3) is 0.444. The van der Waals surface area contributed by atoms with Gasteiger partial charge >= 0.3 is 12.3 Å². The zero-order valence-corrected chi connectivity index (χ0v) is 14.8. The van der Waals surface area contributed by atoms with E-state index in [4.69, 9.17) is 5.11 Å². The number of aliphatic hydroxyl groups is 1. The maximum absolute atomic E-state index is 13.5. The van der Waals surface area contributed by atoms with Gasteiger partial charge in [0.2, 0.25) is 0 Å². The Morgan fingerprint density at radius 2 is 1.93 bits per heavy atom. The van der Waals surface area contributed by atoms with Gasteiger partial charge < -0.3 is 19.7 Å². The molecule has 28 heavy (non-hydrogen) atoms. The van der Waals surface area contributed by atoms with E-state index in [1.807, 2.05) is 0 Å². The number of nitrogens with zero attached hydrogens (tertiary/aromatic N) is 3. The first-order valence-corrected chi connectivity index (χ1v) is 8.73. The van der Waals surface area contributed by atoms with Gasteiger partial charge in [-0.3, -0.25) is 0 Å². The summed E-state index contributed by atoms with van der Waals surface area (Å²) < 4.78 is 54.2. The van der Waals surface area contributed by atoms with Gasteiger partial charge in [0.25, 0.3) is 0 Å². The van der Waals surface area contributed by atoms with Crippen LogP contribution in [0.3, 0.4) is 0 Å². The molecule has 1 aliphatic rings. The third kappa shape index (κ3) is 4.11. The van der Waals surface area contributed by atoms with Crippen LogP contribution in [0, 0.1) is 5.82 Å². The number of carbonyl (C=O) groups is 1. The number of hydrogen-bond donors (Lipinski definition) is 2. The van der Waals surface area contributed by atoms with Crippen molar-refractivity contribution in [2.45, 2.75) is 31.5 Å². The Labute approximate surface area is 158 Å². The highest BCUT2D eigenvalue weighted by Gasteiger charge is 2.34. The molecule has 1 aromatic carbocycles. The molecule has 0 radical (unpaired) electrons. The first kappa shape index (κ1) is 20.1. The molecule has 2 N–H and O–H groups in total. The molecule has 10 heteroatoms. The van der Waals surface area contributed by atoms with Crippen molar-refractivity contribution >= 4 is 6.09 Å². The van der Waals surface area contributed by atoms with Crippen molar-refractivity contribution in [2.75, 3.05) is 19.7 Å². The Hall–Kier alpha value is -2.62. The summed E-state index contributed by atoms with van der Waals surface area (Å²) in [6, 6.07) is 2.71. The third-order valence-corrected chi connectivity index (χ3v) is 4.85. The summed E-state index contributed by atoms with van der Waals surface area (Å²) in [6.45, 7) is 0.676. The van der Waals surface area contributed by atoms with Crippen LogP contribution in [0.25, 0.3) is 11.3 Å². The van der Waals surface area contributed by atoms with Crippen LogP contribution in [0.15, 0.2) is 24.4 Å². The predicted octanol–water partition coefficient (Wildman–Crippen LogP) is 3.56. The molecule has 0 spiro atoms. The van der Waals surface area contributed by atoms with Gasteiger partial charge in [-0.05, 0) is 31.0 Å². The minimum Gasteiger partial charge on any atom is -0.465 e. The molecule has 0 unspecified atom stereocenters. The molecule has 152 valence electrons. The van der Waals surface area contributed by atoms with Gasteiger partial charge in [-0.2, -0.15) is 13.2 Å². The number of aromatic nitrogens is 2. The molecular weight excluding hydrogens is 382 g/mol. The molecule has 1 saturated heterocycles.